The average molecular weight is 214 g/mol. The van der Waals surface area contributed by atoms with E-state index in [1.54, 1.807) is 13.4 Å². The molecule has 0 aliphatic rings. The number of nitrogens with zero attached hydrogens (tertiary/aromatic N) is 1. The van der Waals surface area contributed by atoms with Gasteiger partial charge < -0.3 is 19.3 Å². The summed E-state index contributed by atoms with van der Waals surface area (Å²) in [6.07, 6.45) is 2.56. The minimum Gasteiger partial charge on any atom is -0.382 e. The van der Waals surface area contributed by atoms with Crippen LogP contribution in [-0.2, 0) is 16.0 Å². The number of methoxy groups -OCH3 is 1. The van der Waals surface area contributed by atoms with Crippen LogP contribution in [0.15, 0.2) is 16.9 Å². The molecule has 5 heteroatoms. The van der Waals surface area contributed by atoms with Crippen molar-refractivity contribution in [3.05, 3.63) is 18.0 Å². The Balaban J connectivity index is 1.81. The Morgan fingerprint density at radius 3 is 3.07 bits per heavy atom. The SMILES string of the molecule is COCCOCCCNCc1ccon1. The van der Waals surface area contributed by atoms with Gasteiger partial charge in [-0.3, -0.25) is 0 Å². The van der Waals surface area contributed by atoms with Crippen molar-refractivity contribution < 1.29 is 14.0 Å². The van der Waals surface area contributed by atoms with Gasteiger partial charge in [-0.15, -0.1) is 0 Å². The summed E-state index contributed by atoms with van der Waals surface area (Å²) in [5.74, 6) is 0. The molecule has 0 fully saturated rings. The Bertz CT molecular complexity index is 227. The molecule has 0 saturated heterocycles. The standard InChI is InChI=1S/C10H18N2O3/c1-13-7-8-14-5-2-4-11-9-10-3-6-15-12-10/h3,6,11H,2,4-5,7-9H2,1H3. The van der Waals surface area contributed by atoms with Crippen LogP contribution in [0.3, 0.4) is 0 Å². The topological polar surface area (TPSA) is 56.5 Å². The predicted octanol–water partition coefficient (Wildman–Crippen LogP) is 0.817. The fourth-order valence-electron chi connectivity index (χ4n) is 1.09. The lowest BCUT2D eigenvalue weighted by Crippen LogP contribution is -2.17. The molecular formula is C10H18N2O3. The zero-order valence-electron chi connectivity index (χ0n) is 9.07. The number of nitrogens with one attached hydrogen (secondary N) is 1. The van der Waals surface area contributed by atoms with Gasteiger partial charge in [0, 0.05) is 26.3 Å². The van der Waals surface area contributed by atoms with Crippen LogP contribution in [0, 0.1) is 0 Å². The van der Waals surface area contributed by atoms with E-state index in [1.165, 1.54) is 0 Å². The van der Waals surface area contributed by atoms with Crippen molar-refractivity contribution in [1.29, 1.82) is 0 Å². The number of rotatable bonds is 9. The molecule has 0 atom stereocenters. The van der Waals surface area contributed by atoms with Crippen molar-refractivity contribution in [3.8, 4) is 0 Å². The first-order valence-corrected chi connectivity index (χ1v) is 5.10. The van der Waals surface area contributed by atoms with E-state index >= 15 is 0 Å². The second kappa shape index (κ2) is 8.40. The maximum absolute atomic E-state index is 5.31. The molecule has 0 amide bonds. The van der Waals surface area contributed by atoms with Gasteiger partial charge in [-0.1, -0.05) is 5.16 Å². The summed E-state index contributed by atoms with van der Waals surface area (Å²) in [4.78, 5) is 0. The zero-order chi connectivity index (χ0) is 10.8. The molecule has 0 aliphatic heterocycles. The zero-order valence-corrected chi connectivity index (χ0v) is 9.07. The first kappa shape index (κ1) is 12.2. The van der Waals surface area contributed by atoms with Crippen LogP contribution in [0.5, 0.6) is 0 Å². The fourth-order valence-corrected chi connectivity index (χ4v) is 1.09. The van der Waals surface area contributed by atoms with Gasteiger partial charge in [-0.05, 0) is 13.0 Å². The summed E-state index contributed by atoms with van der Waals surface area (Å²) in [6, 6.07) is 1.85. The summed E-state index contributed by atoms with van der Waals surface area (Å²) >= 11 is 0. The van der Waals surface area contributed by atoms with Gasteiger partial charge in [-0.25, -0.2) is 0 Å². The van der Waals surface area contributed by atoms with Gasteiger partial charge in [-0.2, -0.15) is 0 Å². The third-order valence-corrected chi connectivity index (χ3v) is 1.87. The van der Waals surface area contributed by atoms with E-state index in [1.807, 2.05) is 6.07 Å². The molecule has 0 spiro atoms. The number of aromatic nitrogens is 1. The van der Waals surface area contributed by atoms with E-state index in [-0.39, 0.29) is 0 Å². The molecule has 0 saturated carbocycles. The number of hydrogen-bond acceptors (Lipinski definition) is 5. The van der Waals surface area contributed by atoms with E-state index in [4.69, 9.17) is 14.0 Å². The van der Waals surface area contributed by atoms with E-state index in [0.29, 0.717) is 13.2 Å². The van der Waals surface area contributed by atoms with Gasteiger partial charge in [0.2, 0.25) is 0 Å². The maximum atomic E-state index is 5.31. The molecule has 0 aliphatic carbocycles. The lowest BCUT2D eigenvalue weighted by atomic mass is 10.4. The second-order valence-electron chi connectivity index (χ2n) is 3.13. The minimum atomic E-state index is 0.659. The maximum Gasteiger partial charge on any atom is 0.124 e. The largest absolute Gasteiger partial charge is 0.382 e. The van der Waals surface area contributed by atoms with Gasteiger partial charge in [0.25, 0.3) is 0 Å². The highest BCUT2D eigenvalue weighted by molar-refractivity contribution is 4.93. The lowest BCUT2D eigenvalue weighted by molar-refractivity contribution is 0.0694. The van der Waals surface area contributed by atoms with Gasteiger partial charge in [0.05, 0.1) is 18.9 Å². The highest BCUT2D eigenvalue weighted by Gasteiger charge is 1.94. The van der Waals surface area contributed by atoms with Crippen LogP contribution in [0.2, 0.25) is 0 Å². The van der Waals surface area contributed by atoms with Crippen molar-refractivity contribution in [2.24, 2.45) is 0 Å². The summed E-state index contributed by atoms with van der Waals surface area (Å²) in [5, 5.41) is 7.03. The highest BCUT2D eigenvalue weighted by Crippen LogP contribution is 1.92. The van der Waals surface area contributed by atoms with Crippen LogP contribution in [0.25, 0.3) is 0 Å². The first-order chi connectivity index (χ1) is 7.43. The Morgan fingerprint density at radius 2 is 2.33 bits per heavy atom. The van der Waals surface area contributed by atoms with Gasteiger partial charge >= 0.3 is 0 Å². The molecule has 1 aromatic heterocycles. The Hall–Kier alpha value is -0.910. The van der Waals surface area contributed by atoms with Crippen molar-refractivity contribution in [2.75, 3.05) is 33.5 Å². The normalized spacial score (nSPS) is 10.7. The van der Waals surface area contributed by atoms with Crippen LogP contribution in [0.4, 0.5) is 0 Å². The molecule has 0 bridgehead atoms. The Morgan fingerprint density at radius 1 is 1.40 bits per heavy atom. The summed E-state index contributed by atoms with van der Waals surface area (Å²) in [7, 11) is 1.67. The highest BCUT2D eigenvalue weighted by atomic mass is 16.5. The third-order valence-electron chi connectivity index (χ3n) is 1.87. The number of hydrogen-bond donors (Lipinski definition) is 1. The first-order valence-electron chi connectivity index (χ1n) is 5.10. The van der Waals surface area contributed by atoms with Gasteiger partial charge in [0.15, 0.2) is 0 Å². The molecule has 5 nitrogen and oxygen atoms in total. The van der Waals surface area contributed by atoms with E-state index in [9.17, 15) is 0 Å². The molecule has 1 heterocycles. The molecule has 1 aromatic rings. The molecule has 86 valence electrons. The van der Waals surface area contributed by atoms with Crippen molar-refractivity contribution in [3.63, 3.8) is 0 Å². The molecule has 0 aromatic carbocycles. The summed E-state index contributed by atoms with van der Waals surface area (Å²) in [6.45, 7) is 3.75. The van der Waals surface area contributed by atoms with Crippen molar-refractivity contribution >= 4 is 0 Å². The molecule has 0 radical (unpaired) electrons. The van der Waals surface area contributed by atoms with Crippen LogP contribution in [0.1, 0.15) is 12.1 Å². The van der Waals surface area contributed by atoms with Crippen LogP contribution in [-0.4, -0.2) is 38.6 Å². The lowest BCUT2D eigenvalue weighted by Gasteiger charge is -2.04. The molecular weight excluding hydrogens is 196 g/mol. The Labute approximate surface area is 89.7 Å². The molecule has 1 rings (SSSR count). The van der Waals surface area contributed by atoms with E-state index in [0.717, 1.165) is 31.8 Å². The van der Waals surface area contributed by atoms with Crippen LogP contribution < -0.4 is 5.32 Å². The quantitative estimate of drug-likeness (QED) is 0.617. The number of ether oxygens (including phenoxy) is 2. The van der Waals surface area contributed by atoms with Gasteiger partial charge in [0.1, 0.15) is 6.26 Å². The van der Waals surface area contributed by atoms with Crippen LogP contribution >= 0.6 is 0 Å². The summed E-state index contributed by atoms with van der Waals surface area (Å²) in [5.41, 5.74) is 0.926. The van der Waals surface area contributed by atoms with Crippen molar-refractivity contribution in [2.45, 2.75) is 13.0 Å². The Kier molecular flexibility index (Phi) is 6.81. The second-order valence-corrected chi connectivity index (χ2v) is 3.13. The summed E-state index contributed by atoms with van der Waals surface area (Å²) < 4.78 is 14.9. The average Bonchev–Trinajstić information content (AvgIpc) is 2.75. The fraction of sp³-hybridized carbons (Fsp3) is 0.700. The minimum absolute atomic E-state index is 0.659. The van der Waals surface area contributed by atoms with E-state index < -0.39 is 0 Å². The van der Waals surface area contributed by atoms with Crippen molar-refractivity contribution in [1.82, 2.24) is 10.5 Å². The molecule has 1 N–H and O–H groups in total. The predicted molar refractivity (Wildman–Crippen MR) is 55.5 cm³/mol. The molecule has 15 heavy (non-hydrogen) atoms. The molecule has 0 unspecified atom stereocenters. The monoisotopic (exact) mass is 214 g/mol. The smallest absolute Gasteiger partial charge is 0.124 e. The van der Waals surface area contributed by atoms with E-state index in [2.05, 4.69) is 10.5 Å². The third kappa shape index (κ3) is 6.22.